The monoisotopic (exact) mass is 569 g/mol. The molecule has 2 amide bonds. The fraction of sp³-hybridized carbons (Fsp3) is 0.333. The number of nitrogens with one attached hydrogen (secondary N) is 1. The Morgan fingerprint density at radius 1 is 0.897 bits per heavy atom. The van der Waals surface area contributed by atoms with E-state index < -0.39 is 28.5 Å². The second-order valence-corrected chi connectivity index (χ2v) is 12.4. The number of aryl methyl sites for hydroxylation is 3. The number of anilines is 1. The molecule has 0 saturated carbocycles. The van der Waals surface area contributed by atoms with Crippen molar-refractivity contribution in [1.29, 1.82) is 0 Å². The highest BCUT2D eigenvalue weighted by atomic mass is 35.5. The molecule has 39 heavy (non-hydrogen) atoms. The van der Waals surface area contributed by atoms with Crippen LogP contribution in [-0.4, -0.2) is 43.8 Å². The Hall–Kier alpha value is -3.36. The average Bonchev–Trinajstić information content (AvgIpc) is 2.85. The van der Waals surface area contributed by atoms with Gasteiger partial charge in [-0.2, -0.15) is 0 Å². The molecule has 1 N–H and O–H groups in total. The third-order valence-electron chi connectivity index (χ3n) is 6.35. The molecule has 0 aliphatic heterocycles. The van der Waals surface area contributed by atoms with Crippen LogP contribution < -0.4 is 9.62 Å². The summed E-state index contributed by atoms with van der Waals surface area (Å²) in [5, 5.41) is 3.34. The highest BCUT2D eigenvalue weighted by Crippen LogP contribution is 2.28. The molecule has 0 saturated heterocycles. The molecule has 0 bridgehead atoms. The molecular weight excluding hydrogens is 534 g/mol. The van der Waals surface area contributed by atoms with Crippen LogP contribution >= 0.6 is 11.6 Å². The van der Waals surface area contributed by atoms with Gasteiger partial charge in [0.15, 0.2) is 0 Å². The predicted octanol–water partition coefficient (Wildman–Crippen LogP) is 5.40. The fourth-order valence-electron chi connectivity index (χ4n) is 4.26. The summed E-state index contributed by atoms with van der Waals surface area (Å²) in [4.78, 5) is 28.4. The van der Waals surface area contributed by atoms with Gasteiger partial charge in [0, 0.05) is 17.6 Å². The van der Waals surface area contributed by atoms with E-state index in [9.17, 15) is 18.0 Å². The van der Waals surface area contributed by atoms with Gasteiger partial charge in [-0.25, -0.2) is 8.42 Å². The standard InChI is InChI=1S/C30H36ClN3O4S/c1-20(2)32-30(36)24(6)33(18-25-8-7-9-26(31)17-25)29(35)19-34(28-15-12-22(4)16-23(28)5)39(37,38)27-13-10-21(3)11-14-27/h7-17,20,24H,18-19H2,1-6H3,(H,32,36)/t24-/m1/s1. The summed E-state index contributed by atoms with van der Waals surface area (Å²) < 4.78 is 29.0. The largest absolute Gasteiger partial charge is 0.352 e. The summed E-state index contributed by atoms with van der Waals surface area (Å²) in [5.41, 5.74) is 3.72. The average molecular weight is 570 g/mol. The molecule has 3 rings (SSSR count). The van der Waals surface area contributed by atoms with Gasteiger partial charge < -0.3 is 10.2 Å². The van der Waals surface area contributed by atoms with E-state index in [1.54, 1.807) is 43.3 Å². The van der Waals surface area contributed by atoms with Crippen molar-refractivity contribution in [1.82, 2.24) is 10.2 Å². The van der Waals surface area contributed by atoms with Crippen molar-refractivity contribution in [3.8, 4) is 0 Å². The van der Waals surface area contributed by atoms with E-state index in [1.807, 2.05) is 52.8 Å². The second kappa shape index (κ2) is 12.7. The van der Waals surface area contributed by atoms with Crippen molar-refractivity contribution in [3.63, 3.8) is 0 Å². The molecule has 0 heterocycles. The lowest BCUT2D eigenvalue weighted by Crippen LogP contribution is -2.52. The molecule has 9 heteroatoms. The Morgan fingerprint density at radius 2 is 1.54 bits per heavy atom. The first-order chi connectivity index (χ1) is 18.3. The first-order valence-electron chi connectivity index (χ1n) is 12.8. The van der Waals surface area contributed by atoms with Crippen LogP contribution in [0.3, 0.4) is 0 Å². The van der Waals surface area contributed by atoms with Gasteiger partial charge in [-0.1, -0.05) is 59.1 Å². The second-order valence-electron chi connectivity index (χ2n) is 10.1. The molecule has 0 spiro atoms. The van der Waals surface area contributed by atoms with Crippen molar-refractivity contribution >= 4 is 39.1 Å². The third-order valence-corrected chi connectivity index (χ3v) is 8.36. The van der Waals surface area contributed by atoms with E-state index >= 15 is 0 Å². The smallest absolute Gasteiger partial charge is 0.264 e. The third kappa shape index (κ3) is 7.61. The van der Waals surface area contributed by atoms with Gasteiger partial charge >= 0.3 is 0 Å². The van der Waals surface area contributed by atoms with Gasteiger partial charge in [-0.15, -0.1) is 0 Å². The first-order valence-corrected chi connectivity index (χ1v) is 14.6. The molecular formula is C30H36ClN3O4S. The van der Waals surface area contributed by atoms with Crippen LogP contribution in [0.4, 0.5) is 5.69 Å². The molecule has 7 nitrogen and oxygen atoms in total. The molecule has 0 aliphatic carbocycles. The number of hydrogen-bond donors (Lipinski definition) is 1. The van der Waals surface area contributed by atoms with Gasteiger partial charge in [-0.05, 0) is 83.0 Å². The van der Waals surface area contributed by atoms with Crippen molar-refractivity contribution in [3.05, 3.63) is 94.0 Å². The van der Waals surface area contributed by atoms with Crippen molar-refractivity contribution < 1.29 is 18.0 Å². The van der Waals surface area contributed by atoms with E-state index in [1.165, 1.54) is 17.0 Å². The topological polar surface area (TPSA) is 86.8 Å². The Bertz CT molecular complexity index is 1440. The highest BCUT2D eigenvalue weighted by molar-refractivity contribution is 7.92. The Labute approximate surface area is 236 Å². The Balaban J connectivity index is 2.07. The summed E-state index contributed by atoms with van der Waals surface area (Å²) >= 11 is 6.18. The van der Waals surface area contributed by atoms with E-state index in [0.717, 1.165) is 21.0 Å². The Kier molecular flexibility index (Phi) is 9.80. The molecule has 1 atom stereocenters. The summed E-state index contributed by atoms with van der Waals surface area (Å²) in [6, 6.07) is 17.9. The predicted molar refractivity (Wildman–Crippen MR) is 156 cm³/mol. The number of benzene rings is 3. The van der Waals surface area contributed by atoms with Gasteiger partial charge in [0.05, 0.1) is 10.6 Å². The summed E-state index contributed by atoms with van der Waals surface area (Å²) in [6.45, 7) is 10.5. The SMILES string of the molecule is Cc1ccc(S(=O)(=O)N(CC(=O)N(Cc2cccc(Cl)c2)[C@H](C)C(=O)NC(C)C)c2ccc(C)cc2C)cc1. The maximum Gasteiger partial charge on any atom is 0.264 e. The minimum atomic E-state index is -4.12. The number of amides is 2. The number of nitrogens with zero attached hydrogens (tertiary/aromatic N) is 2. The van der Waals surface area contributed by atoms with Crippen LogP contribution in [0, 0.1) is 20.8 Å². The van der Waals surface area contributed by atoms with Crippen molar-refractivity contribution in [2.45, 2.75) is 65.1 Å². The van der Waals surface area contributed by atoms with E-state index in [2.05, 4.69) is 5.32 Å². The van der Waals surface area contributed by atoms with Crippen LogP contribution in [0.15, 0.2) is 71.6 Å². The first kappa shape index (κ1) is 30.2. The molecule has 0 unspecified atom stereocenters. The van der Waals surface area contributed by atoms with E-state index in [4.69, 9.17) is 11.6 Å². The highest BCUT2D eigenvalue weighted by Gasteiger charge is 2.33. The van der Waals surface area contributed by atoms with Crippen LogP contribution in [-0.2, 0) is 26.2 Å². The molecule has 0 aromatic heterocycles. The lowest BCUT2D eigenvalue weighted by Gasteiger charge is -2.32. The van der Waals surface area contributed by atoms with Crippen molar-refractivity contribution in [2.75, 3.05) is 10.8 Å². The number of halogens is 1. The normalized spacial score (nSPS) is 12.2. The quantitative estimate of drug-likeness (QED) is 0.354. The maximum atomic E-state index is 14.0. The van der Waals surface area contributed by atoms with Gasteiger partial charge in [0.2, 0.25) is 11.8 Å². The maximum absolute atomic E-state index is 14.0. The molecule has 0 aliphatic rings. The number of rotatable bonds is 10. The minimum absolute atomic E-state index is 0.0767. The zero-order chi connectivity index (χ0) is 28.9. The minimum Gasteiger partial charge on any atom is -0.352 e. The van der Waals surface area contributed by atoms with Crippen LogP contribution in [0.5, 0.6) is 0 Å². The summed E-state index contributed by atoms with van der Waals surface area (Å²) in [5.74, 6) is -0.850. The number of hydrogen-bond acceptors (Lipinski definition) is 4. The molecule has 0 radical (unpaired) electrons. The molecule has 208 valence electrons. The van der Waals surface area contributed by atoms with E-state index in [0.29, 0.717) is 16.3 Å². The van der Waals surface area contributed by atoms with Crippen LogP contribution in [0.2, 0.25) is 5.02 Å². The molecule has 0 fully saturated rings. The fourth-order valence-corrected chi connectivity index (χ4v) is 5.95. The Morgan fingerprint density at radius 3 is 2.13 bits per heavy atom. The van der Waals surface area contributed by atoms with Crippen molar-refractivity contribution in [2.24, 2.45) is 0 Å². The lowest BCUT2D eigenvalue weighted by atomic mass is 10.1. The molecule has 3 aromatic rings. The number of sulfonamides is 1. The zero-order valence-corrected chi connectivity index (χ0v) is 24.8. The van der Waals surface area contributed by atoms with Crippen LogP contribution in [0.25, 0.3) is 0 Å². The number of carbonyl (C=O) groups excluding carboxylic acids is 2. The molecule has 3 aromatic carbocycles. The van der Waals surface area contributed by atoms with Gasteiger partial charge in [0.1, 0.15) is 12.6 Å². The zero-order valence-electron chi connectivity index (χ0n) is 23.2. The van der Waals surface area contributed by atoms with Gasteiger partial charge in [-0.3, -0.25) is 13.9 Å². The summed E-state index contributed by atoms with van der Waals surface area (Å²) in [7, 11) is -4.12. The lowest BCUT2D eigenvalue weighted by molar-refractivity contribution is -0.139. The summed E-state index contributed by atoms with van der Waals surface area (Å²) in [6.07, 6.45) is 0. The van der Waals surface area contributed by atoms with E-state index in [-0.39, 0.29) is 23.4 Å². The number of carbonyl (C=O) groups is 2. The van der Waals surface area contributed by atoms with Crippen LogP contribution in [0.1, 0.15) is 43.0 Å². The van der Waals surface area contributed by atoms with Gasteiger partial charge in [0.25, 0.3) is 10.0 Å².